The molecule has 3 aromatic carbocycles. The number of halogens is 3. The quantitative estimate of drug-likeness (QED) is 0.311. The number of phenolic OH excluding ortho intramolecular Hbond substituents is 1. The minimum atomic E-state index is -4.14. The molecule has 0 spiro atoms. The van der Waals surface area contributed by atoms with E-state index in [9.17, 15) is 22.7 Å². The van der Waals surface area contributed by atoms with Gasteiger partial charge in [-0.05, 0) is 61.7 Å². The van der Waals surface area contributed by atoms with Gasteiger partial charge in [0.05, 0.1) is 5.75 Å². The molecule has 0 heterocycles. The summed E-state index contributed by atoms with van der Waals surface area (Å²) >= 11 is 12.5. The normalized spacial score (nSPS) is 11.7. The molecule has 0 radical (unpaired) electrons. The molecule has 3 rings (SSSR count). The van der Waals surface area contributed by atoms with Gasteiger partial charge in [-0.1, -0.05) is 48.0 Å². The van der Waals surface area contributed by atoms with E-state index in [1.54, 1.807) is 24.3 Å². The molecule has 0 bridgehead atoms. The average molecular weight is 569 g/mol. The largest absolute Gasteiger partial charge is 0.505 e. The van der Waals surface area contributed by atoms with E-state index < -0.39 is 39.0 Å². The molecule has 0 saturated carbocycles. The number of anilines is 1. The van der Waals surface area contributed by atoms with Gasteiger partial charge >= 0.3 is 6.09 Å². The molecule has 37 heavy (non-hydrogen) atoms. The highest BCUT2D eigenvalue weighted by molar-refractivity contribution is 7.93. The van der Waals surface area contributed by atoms with Crippen LogP contribution in [0.4, 0.5) is 14.9 Å². The lowest BCUT2D eigenvalue weighted by atomic mass is 10.0. The Morgan fingerprint density at radius 2 is 1.70 bits per heavy atom. The van der Waals surface area contributed by atoms with Gasteiger partial charge in [0.1, 0.15) is 23.9 Å². The second-order valence-electron chi connectivity index (χ2n) is 9.44. The van der Waals surface area contributed by atoms with Crippen molar-refractivity contribution in [3.8, 4) is 5.75 Å². The number of nitrogens with one attached hydrogen (secondary N) is 1. The molecular formula is C26H27Cl2FN2O5S. The minimum Gasteiger partial charge on any atom is -0.505 e. The maximum absolute atomic E-state index is 13.2. The van der Waals surface area contributed by atoms with E-state index in [1.165, 1.54) is 36.4 Å². The van der Waals surface area contributed by atoms with Crippen molar-refractivity contribution in [1.29, 1.82) is 0 Å². The number of sulfonamides is 1. The van der Waals surface area contributed by atoms with Crippen LogP contribution in [0.15, 0.2) is 60.7 Å². The summed E-state index contributed by atoms with van der Waals surface area (Å²) in [6, 6.07) is 14.9. The van der Waals surface area contributed by atoms with Gasteiger partial charge in [-0.2, -0.15) is 3.82 Å². The van der Waals surface area contributed by atoms with Crippen LogP contribution in [0.2, 0.25) is 5.02 Å². The summed E-state index contributed by atoms with van der Waals surface area (Å²) in [7, 11) is -4.14. The molecule has 198 valence electrons. The first-order chi connectivity index (χ1) is 17.2. The third-order valence-electron chi connectivity index (χ3n) is 5.12. The second-order valence-corrected chi connectivity index (χ2v) is 12.2. The van der Waals surface area contributed by atoms with Crippen molar-refractivity contribution in [3.63, 3.8) is 0 Å². The zero-order valence-corrected chi connectivity index (χ0v) is 22.8. The maximum Gasteiger partial charge on any atom is 0.407 e. The maximum atomic E-state index is 13.2. The molecule has 0 aliphatic heterocycles. The highest BCUT2D eigenvalue weighted by Gasteiger charge is 2.26. The number of ether oxygens (including phenoxy) is 1. The van der Waals surface area contributed by atoms with E-state index in [0.717, 1.165) is 0 Å². The van der Waals surface area contributed by atoms with Crippen LogP contribution < -0.4 is 9.14 Å². The monoisotopic (exact) mass is 568 g/mol. The van der Waals surface area contributed by atoms with Crippen molar-refractivity contribution in [2.24, 2.45) is 0 Å². The smallest absolute Gasteiger partial charge is 0.407 e. The number of nitrogens with zero attached hydrogens (tertiary/aromatic N) is 1. The number of carbonyl (C=O) groups excluding carboxylic acids is 1. The van der Waals surface area contributed by atoms with Crippen molar-refractivity contribution in [2.45, 2.75) is 45.1 Å². The number of hydrogen-bond acceptors (Lipinski definition) is 5. The van der Waals surface area contributed by atoms with Crippen molar-refractivity contribution in [3.05, 3.63) is 93.8 Å². The van der Waals surface area contributed by atoms with Gasteiger partial charge in [0.15, 0.2) is 0 Å². The molecule has 0 aliphatic carbocycles. The Kier molecular flexibility index (Phi) is 8.94. The van der Waals surface area contributed by atoms with E-state index in [4.69, 9.17) is 28.1 Å². The molecule has 0 saturated heterocycles. The van der Waals surface area contributed by atoms with E-state index >= 15 is 0 Å². The summed E-state index contributed by atoms with van der Waals surface area (Å²) in [5.41, 5.74) is 1.29. The molecule has 0 unspecified atom stereocenters. The first kappa shape index (κ1) is 28.6. The minimum absolute atomic E-state index is 0.0505. The molecule has 0 aromatic heterocycles. The number of carbonyl (C=O) groups is 1. The first-order valence-electron chi connectivity index (χ1n) is 11.2. The summed E-state index contributed by atoms with van der Waals surface area (Å²) in [4.78, 5) is 11.9. The summed E-state index contributed by atoms with van der Waals surface area (Å²) in [5, 5.41) is 13.7. The van der Waals surface area contributed by atoms with Crippen LogP contribution in [0.3, 0.4) is 0 Å². The Hall–Kier alpha value is -3.01. The number of amides is 1. The summed E-state index contributed by atoms with van der Waals surface area (Å²) < 4.78 is 45.1. The lowest BCUT2D eigenvalue weighted by molar-refractivity contribution is 0.131. The summed E-state index contributed by atoms with van der Waals surface area (Å²) in [6.45, 7) is 5.41. The lowest BCUT2D eigenvalue weighted by Crippen LogP contribution is -2.40. The van der Waals surface area contributed by atoms with Gasteiger partial charge in [-0.25, -0.2) is 17.6 Å². The van der Waals surface area contributed by atoms with Crippen molar-refractivity contribution in [1.82, 2.24) is 5.32 Å². The van der Waals surface area contributed by atoms with Gasteiger partial charge in [0.2, 0.25) is 0 Å². The molecule has 2 N–H and O–H groups in total. The third kappa shape index (κ3) is 7.99. The highest BCUT2D eigenvalue weighted by Crippen LogP contribution is 2.39. The number of rotatable bonds is 8. The average Bonchev–Trinajstić information content (AvgIpc) is 2.80. The van der Waals surface area contributed by atoms with Crippen molar-refractivity contribution < 1.29 is 27.4 Å². The fourth-order valence-electron chi connectivity index (χ4n) is 3.43. The predicted octanol–water partition coefficient (Wildman–Crippen LogP) is 6.29. The highest BCUT2D eigenvalue weighted by atomic mass is 35.5. The summed E-state index contributed by atoms with van der Waals surface area (Å²) in [5.74, 6) is -1.29. The number of benzene rings is 3. The number of aromatic hydroxyl groups is 1. The van der Waals surface area contributed by atoms with Crippen LogP contribution in [0.1, 0.15) is 43.0 Å². The Bertz CT molecular complexity index is 1380. The summed E-state index contributed by atoms with van der Waals surface area (Å²) in [6.07, 6.45) is -0.457. The van der Waals surface area contributed by atoms with Crippen LogP contribution >= 0.6 is 23.4 Å². The van der Waals surface area contributed by atoms with E-state index in [2.05, 4.69) is 5.32 Å². The van der Waals surface area contributed by atoms with Crippen molar-refractivity contribution >= 4 is 45.2 Å². The molecule has 11 heteroatoms. The second kappa shape index (κ2) is 11.6. The molecule has 7 nitrogen and oxygen atoms in total. The SMILES string of the molecule is CC(C)(C)NC(=O)OCc1cccc(CS(=O)(=O)N(Cl)c2ccc(Cl)c(Cc3ccc(F)cc3)c2O)c1. The molecular weight excluding hydrogens is 542 g/mol. The van der Waals surface area contributed by atoms with Gasteiger partial charge in [-0.3, -0.25) is 0 Å². The third-order valence-corrected chi connectivity index (χ3v) is 7.67. The zero-order valence-electron chi connectivity index (χ0n) is 20.5. The number of alkyl carbamates (subject to hydrolysis) is 1. The Morgan fingerprint density at radius 3 is 2.35 bits per heavy atom. The van der Waals surface area contributed by atoms with Gasteiger partial charge < -0.3 is 15.2 Å². The van der Waals surface area contributed by atoms with Crippen LogP contribution in [0.25, 0.3) is 0 Å². The van der Waals surface area contributed by atoms with Gasteiger partial charge in [0.25, 0.3) is 10.0 Å². The molecule has 3 aromatic rings. The van der Waals surface area contributed by atoms with E-state index in [1.807, 2.05) is 20.8 Å². The molecule has 0 atom stereocenters. The fraction of sp³-hybridized carbons (Fsp3) is 0.269. The Morgan fingerprint density at radius 1 is 1.05 bits per heavy atom. The van der Waals surface area contributed by atoms with Gasteiger partial charge in [0, 0.05) is 34.3 Å². The molecule has 1 amide bonds. The standard InChI is InChI=1S/C26H27Cl2FN2O5S/c1-26(2,3)30-25(33)36-15-18-5-4-6-19(13-18)16-37(34,35)31(28)23-12-11-22(27)21(24(23)32)14-17-7-9-20(29)10-8-17/h4-13,32H,14-16H2,1-3H3,(H,30,33). The predicted molar refractivity (Wildman–Crippen MR) is 143 cm³/mol. The number of phenols is 1. The van der Waals surface area contributed by atoms with Crippen LogP contribution in [0, 0.1) is 5.82 Å². The molecule has 0 fully saturated rings. The van der Waals surface area contributed by atoms with E-state index in [0.29, 0.717) is 20.5 Å². The van der Waals surface area contributed by atoms with E-state index in [-0.39, 0.29) is 29.3 Å². The fourth-order valence-corrected chi connectivity index (χ4v) is 5.10. The topological polar surface area (TPSA) is 95.9 Å². The van der Waals surface area contributed by atoms with Crippen LogP contribution in [0.5, 0.6) is 5.75 Å². The molecule has 0 aliphatic rings. The number of hydrogen-bond donors (Lipinski definition) is 2. The van der Waals surface area contributed by atoms with Crippen LogP contribution in [-0.4, -0.2) is 25.2 Å². The van der Waals surface area contributed by atoms with Gasteiger partial charge in [-0.15, -0.1) is 0 Å². The lowest BCUT2D eigenvalue weighted by Gasteiger charge is -2.20. The van der Waals surface area contributed by atoms with Crippen LogP contribution in [-0.2, 0) is 33.5 Å². The zero-order chi connectivity index (χ0) is 27.4. The first-order valence-corrected chi connectivity index (χ1v) is 13.5. The van der Waals surface area contributed by atoms with Crippen molar-refractivity contribution in [2.75, 3.05) is 3.82 Å². The Labute approximate surface area is 225 Å². The Balaban J connectivity index is 1.76.